The van der Waals surface area contributed by atoms with Crippen molar-refractivity contribution in [1.29, 1.82) is 0 Å². The van der Waals surface area contributed by atoms with Gasteiger partial charge in [0, 0.05) is 25.2 Å². The number of hydrogen-bond acceptors (Lipinski definition) is 17. The predicted octanol–water partition coefficient (Wildman–Crippen LogP) is 6.94. The minimum Gasteiger partial charge on any atom is -0.478 e. The zero-order valence-corrected chi connectivity index (χ0v) is 40.9. The number of ether oxygens (including phenoxy) is 5. The van der Waals surface area contributed by atoms with E-state index >= 15 is 0 Å². The number of rotatable bonds is 6. The largest absolute Gasteiger partial charge is 0.534 e. The van der Waals surface area contributed by atoms with Crippen LogP contribution in [0.1, 0.15) is 129 Å². The molecular formula is C45H60N6O16. The van der Waals surface area contributed by atoms with Crippen molar-refractivity contribution >= 4 is 59.7 Å². The van der Waals surface area contributed by atoms with Crippen LogP contribution in [0, 0.1) is 0 Å². The first-order valence-electron chi connectivity index (χ1n) is 20.6. The van der Waals surface area contributed by atoms with Crippen LogP contribution >= 0.6 is 0 Å². The number of benzene rings is 2. The molecule has 2 aliphatic heterocycles. The molecule has 0 spiro atoms. The van der Waals surface area contributed by atoms with Gasteiger partial charge in [-0.05, 0) is 121 Å². The number of amides is 4. The number of hydrazone groups is 2. The van der Waals surface area contributed by atoms with E-state index in [2.05, 4.69) is 10.2 Å². The molecule has 22 nitrogen and oxygen atoms in total. The summed E-state index contributed by atoms with van der Waals surface area (Å²) >= 11 is 0. The number of likely N-dealkylation sites (N-methyl/N-ethyl adjacent to an activating group) is 2. The van der Waals surface area contributed by atoms with Crippen molar-refractivity contribution in [3.63, 3.8) is 0 Å². The van der Waals surface area contributed by atoms with Gasteiger partial charge in [-0.3, -0.25) is 19.3 Å². The summed E-state index contributed by atoms with van der Waals surface area (Å²) in [7, 11) is 4.03. The summed E-state index contributed by atoms with van der Waals surface area (Å²) in [5.41, 5.74) is -6.46. The molecule has 2 aliphatic rings. The third kappa shape index (κ3) is 13.4. The molecule has 0 bridgehead atoms. The fourth-order valence-electron chi connectivity index (χ4n) is 6.03. The van der Waals surface area contributed by atoms with E-state index in [4.69, 9.17) is 38.5 Å². The monoisotopic (exact) mass is 940 g/mol. The Hall–Kier alpha value is -7.26. The quantitative estimate of drug-likeness (QED) is 0.175. The number of esters is 1. The number of carbonyl (C=O) groups excluding carboxylic acids is 7. The molecule has 67 heavy (non-hydrogen) atoms. The van der Waals surface area contributed by atoms with Crippen LogP contribution in [0.5, 0.6) is 0 Å². The van der Waals surface area contributed by atoms with E-state index in [9.17, 15) is 38.4 Å². The lowest BCUT2D eigenvalue weighted by Crippen LogP contribution is -2.61. The first-order chi connectivity index (χ1) is 30.4. The highest BCUT2D eigenvalue weighted by atomic mass is 16.9. The molecule has 22 heteroatoms. The van der Waals surface area contributed by atoms with Gasteiger partial charge < -0.3 is 28.8 Å². The van der Waals surface area contributed by atoms with E-state index in [0.717, 1.165) is 10.0 Å². The van der Waals surface area contributed by atoms with Crippen molar-refractivity contribution in [1.82, 2.24) is 20.1 Å². The van der Waals surface area contributed by atoms with E-state index in [-0.39, 0.29) is 22.6 Å². The van der Waals surface area contributed by atoms with Gasteiger partial charge in [0.15, 0.2) is 0 Å². The van der Waals surface area contributed by atoms with Gasteiger partial charge in [-0.25, -0.2) is 38.8 Å². The zero-order valence-electron chi connectivity index (χ0n) is 40.9. The molecular weight excluding hydrogens is 881 g/mol. The third-order valence-corrected chi connectivity index (χ3v) is 8.87. The first kappa shape index (κ1) is 54.1. The Bertz CT molecular complexity index is 2320. The number of hydrogen-bond donors (Lipinski definition) is 1. The number of carboxylic acids is 1. The second-order valence-corrected chi connectivity index (χ2v) is 19.3. The molecule has 2 unspecified atom stereocenters. The standard InChI is InChI=1S/C23H31N3O8.C22H29N3O8/c1-21(2,3)32-19(29)26(34-20(30)33-22(4,5)6)23(7)16(24-25(8)18(23)28)14-10-12-15(13-11-14)17(27)31-9;1-20(2,3)31-18(29)25(33-19(30)32-21(4,5)6)22(7)15(23-24(8)17(22)28)13-9-11-14(12-10-13)16(26)27/h10-13H,1-9H3;9-12H,1-8H3,(H,26,27). The first-order valence-corrected chi connectivity index (χ1v) is 20.6. The van der Waals surface area contributed by atoms with E-state index in [1.54, 1.807) is 83.1 Å². The van der Waals surface area contributed by atoms with Crippen LogP contribution in [-0.4, -0.2) is 140 Å². The molecule has 366 valence electrons. The fraction of sp³-hybridized carbons (Fsp3) is 0.511. The Kier molecular flexibility index (Phi) is 15.9. The van der Waals surface area contributed by atoms with Crippen LogP contribution in [0.2, 0.25) is 0 Å². The lowest BCUT2D eigenvalue weighted by atomic mass is 9.89. The van der Waals surface area contributed by atoms with Gasteiger partial charge in [0.25, 0.3) is 11.8 Å². The number of hydroxylamine groups is 4. The molecule has 4 amide bonds. The molecule has 2 heterocycles. The van der Waals surface area contributed by atoms with Crippen molar-refractivity contribution in [2.24, 2.45) is 10.2 Å². The molecule has 1 N–H and O–H groups in total. The van der Waals surface area contributed by atoms with Gasteiger partial charge in [0.1, 0.15) is 33.8 Å². The Morgan fingerprint density at radius 2 is 0.836 bits per heavy atom. The Morgan fingerprint density at radius 1 is 0.537 bits per heavy atom. The predicted molar refractivity (Wildman–Crippen MR) is 237 cm³/mol. The van der Waals surface area contributed by atoms with Gasteiger partial charge in [0.05, 0.1) is 18.2 Å². The minimum atomic E-state index is -1.93. The molecule has 0 aliphatic carbocycles. The van der Waals surface area contributed by atoms with E-state index in [1.807, 2.05) is 0 Å². The highest BCUT2D eigenvalue weighted by molar-refractivity contribution is 6.25. The minimum absolute atomic E-state index is 0.0211. The second-order valence-electron chi connectivity index (χ2n) is 19.3. The molecule has 0 saturated heterocycles. The third-order valence-electron chi connectivity index (χ3n) is 8.87. The van der Waals surface area contributed by atoms with Gasteiger partial charge in [-0.1, -0.05) is 24.3 Å². The number of carboxylic acid groups (broad SMARTS) is 1. The van der Waals surface area contributed by atoms with Crippen LogP contribution in [0.3, 0.4) is 0 Å². The Labute approximate surface area is 388 Å². The number of carbonyl (C=O) groups is 8. The maximum atomic E-state index is 13.3. The smallest absolute Gasteiger partial charge is 0.478 e. The lowest BCUT2D eigenvalue weighted by molar-refractivity contribution is -0.176. The molecule has 2 aromatic rings. The summed E-state index contributed by atoms with van der Waals surface area (Å²) in [6.07, 6.45) is -4.64. The average molecular weight is 941 g/mol. The molecule has 2 aromatic carbocycles. The molecule has 0 saturated carbocycles. The highest BCUT2D eigenvalue weighted by Gasteiger charge is 2.58. The van der Waals surface area contributed by atoms with Crippen LogP contribution in [-0.2, 0) is 42.9 Å². The highest BCUT2D eigenvalue weighted by Crippen LogP contribution is 2.34. The summed E-state index contributed by atoms with van der Waals surface area (Å²) in [6.45, 7) is 22.1. The van der Waals surface area contributed by atoms with Gasteiger partial charge in [-0.15, -0.1) is 10.1 Å². The van der Waals surface area contributed by atoms with E-state index in [1.165, 1.54) is 83.6 Å². The topological polar surface area (TPSA) is 259 Å². The van der Waals surface area contributed by atoms with E-state index in [0.29, 0.717) is 21.3 Å². The van der Waals surface area contributed by atoms with Crippen LogP contribution in [0.25, 0.3) is 0 Å². The van der Waals surface area contributed by atoms with Gasteiger partial charge >= 0.3 is 36.4 Å². The molecule has 4 rings (SSSR count). The number of nitrogens with zero attached hydrogens (tertiary/aromatic N) is 6. The maximum absolute atomic E-state index is 13.3. The van der Waals surface area contributed by atoms with Gasteiger partial charge in [-0.2, -0.15) is 10.2 Å². The van der Waals surface area contributed by atoms with Crippen molar-refractivity contribution < 1.29 is 76.8 Å². The Balaban J connectivity index is 0.000000355. The summed E-state index contributed by atoms with van der Waals surface area (Å²) in [6, 6.07) is 11.6. The average Bonchev–Trinajstić information content (AvgIpc) is 3.55. The van der Waals surface area contributed by atoms with Crippen molar-refractivity contribution in [2.75, 3.05) is 21.2 Å². The van der Waals surface area contributed by atoms with Crippen molar-refractivity contribution in [2.45, 2.75) is 130 Å². The number of methoxy groups -OCH3 is 1. The number of aromatic carboxylic acids is 1. The van der Waals surface area contributed by atoms with Crippen LogP contribution in [0.15, 0.2) is 58.7 Å². The van der Waals surface area contributed by atoms with Crippen LogP contribution < -0.4 is 0 Å². The van der Waals surface area contributed by atoms with E-state index < -0.39 is 81.7 Å². The molecule has 0 radical (unpaired) electrons. The van der Waals surface area contributed by atoms with Crippen molar-refractivity contribution in [3.05, 3.63) is 70.8 Å². The second kappa shape index (κ2) is 19.7. The fourth-order valence-corrected chi connectivity index (χ4v) is 6.03. The molecule has 0 fully saturated rings. The molecule has 2 atom stereocenters. The zero-order chi connectivity index (χ0) is 51.4. The maximum Gasteiger partial charge on any atom is 0.534 e. The lowest BCUT2D eigenvalue weighted by Gasteiger charge is -2.36. The Morgan fingerprint density at radius 3 is 1.10 bits per heavy atom. The normalized spacial score (nSPS) is 18.3. The van der Waals surface area contributed by atoms with Crippen molar-refractivity contribution in [3.8, 4) is 0 Å². The SMILES string of the molecule is CN1N=C(c2ccc(C(=O)O)cc2)C(C)(N(OC(=O)OC(C)(C)C)C(=O)OC(C)(C)C)C1=O.COC(=O)c1ccc(C2=NN(C)C(=O)C2(C)N(OC(=O)OC(C)(C)C)C(=O)OC(C)(C)C)cc1. The summed E-state index contributed by atoms with van der Waals surface area (Å²) < 4.78 is 25.8. The van der Waals surface area contributed by atoms with Gasteiger partial charge in [0.2, 0.25) is 11.1 Å². The summed E-state index contributed by atoms with van der Waals surface area (Å²) in [4.78, 5) is 111. The molecule has 0 aromatic heterocycles. The summed E-state index contributed by atoms with van der Waals surface area (Å²) in [5, 5.41) is 20.7. The summed E-state index contributed by atoms with van der Waals surface area (Å²) in [5.74, 6) is -3.02. The van der Waals surface area contributed by atoms with Crippen LogP contribution in [0.4, 0.5) is 19.2 Å².